The van der Waals surface area contributed by atoms with Gasteiger partial charge < -0.3 is 15.4 Å². The lowest BCUT2D eigenvalue weighted by Gasteiger charge is -2.10. The summed E-state index contributed by atoms with van der Waals surface area (Å²) < 4.78 is 4.69. The zero-order valence-electron chi connectivity index (χ0n) is 13.6. The van der Waals surface area contributed by atoms with E-state index >= 15 is 0 Å². The molecule has 2 aromatic rings. The van der Waals surface area contributed by atoms with Crippen molar-refractivity contribution in [1.29, 1.82) is 0 Å². The lowest BCUT2D eigenvalue weighted by Crippen LogP contribution is -2.25. The topological polar surface area (TPSA) is 97.4 Å². The fourth-order valence-corrected chi connectivity index (χ4v) is 2.01. The molecular formula is C18H17N3O4. The Labute approximate surface area is 144 Å². The number of ether oxygens (including phenoxy) is 1. The lowest BCUT2D eigenvalue weighted by atomic mass is 10.1. The normalized spacial score (nSPS) is 9.80. The average molecular weight is 339 g/mol. The third kappa shape index (κ3) is 4.51. The summed E-state index contributed by atoms with van der Waals surface area (Å²) in [5, 5.41) is 5.18. The molecule has 7 nitrogen and oxygen atoms in total. The molecule has 0 spiro atoms. The molecule has 1 aromatic heterocycles. The Balaban J connectivity index is 2.21. The number of para-hydroxylation sites is 1. The minimum absolute atomic E-state index is 0.0471. The largest absolute Gasteiger partial charge is 0.465 e. The molecule has 0 fully saturated rings. The van der Waals surface area contributed by atoms with Crippen LogP contribution in [-0.2, 0) is 4.74 Å². The van der Waals surface area contributed by atoms with Crippen molar-refractivity contribution in [3.63, 3.8) is 0 Å². The number of methoxy groups -OCH3 is 1. The molecule has 1 aromatic carbocycles. The van der Waals surface area contributed by atoms with E-state index in [-0.39, 0.29) is 17.0 Å². The van der Waals surface area contributed by atoms with Gasteiger partial charge in [-0.25, -0.2) is 9.78 Å². The molecule has 0 bridgehead atoms. The first-order valence-electron chi connectivity index (χ1n) is 7.41. The van der Waals surface area contributed by atoms with E-state index in [1.165, 1.54) is 31.4 Å². The highest BCUT2D eigenvalue weighted by atomic mass is 16.5. The van der Waals surface area contributed by atoms with Crippen LogP contribution in [0.5, 0.6) is 0 Å². The number of hydrogen-bond acceptors (Lipinski definition) is 5. The Kier molecular flexibility index (Phi) is 6.00. The fourth-order valence-electron chi connectivity index (χ4n) is 2.01. The van der Waals surface area contributed by atoms with Gasteiger partial charge in [0.2, 0.25) is 0 Å². The van der Waals surface area contributed by atoms with Gasteiger partial charge in [0.15, 0.2) is 0 Å². The third-order valence-corrected chi connectivity index (χ3v) is 3.20. The van der Waals surface area contributed by atoms with Crippen molar-refractivity contribution < 1.29 is 19.1 Å². The molecule has 0 saturated heterocycles. The Morgan fingerprint density at radius 2 is 1.76 bits per heavy atom. The Hall–Kier alpha value is -3.48. The molecule has 0 atom stereocenters. The van der Waals surface area contributed by atoms with Crippen molar-refractivity contribution in [2.24, 2.45) is 0 Å². The summed E-state index contributed by atoms with van der Waals surface area (Å²) in [6, 6.07) is 11.0. The van der Waals surface area contributed by atoms with Gasteiger partial charge in [-0.1, -0.05) is 24.3 Å². The van der Waals surface area contributed by atoms with Crippen molar-refractivity contribution in [2.45, 2.75) is 0 Å². The number of rotatable bonds is 6. The van der Waals surface area contributed by atoms with Crippen molar-refractivity contribution in [2.75, 3.05) is 19.0 Å². The molecule has 0 aliphatic rings. The number of carbonyl (C=O) groups excluding carboxylic acids is 3. The molecule has 0 radical (unpaired) electrons. The van der Waals surface area contributed by atoms with Crippen molar-refractivity contribution in [1.82, 2.24) is 10.3 Å². The molecule has 0 aliphatic heterocycles. The van der Waals surface area contributed by atoms with Gasteiger partial charge in [0.1, 0.15) is 11.4 Å². The number of carbonyl (C=O) groups is 3. The molecule has 0 unspecified atom stereocenters. The monoisotopic (exact) mass is 339 g/mol. The number of anilines is 1. The average Bonchev–Trinajstić information content (AvgIpc) is 2.66. The predicted molar refractivity (Wildman–Crippen MR) is 92.5 cm³/mol. The van der Waals surface area contributed by atoms with Crippen LogP contribution in [-0.4, -0.2) is 36.4 Å². The van der Waals surface area contributed by atoms with Crippen molar-refractivity contribution >= 4 is 23.5 Å². The van der Waals surface area contributed by atoms with Gasteiger partial charge in [0, 0.05) is 6.54 Å². The molecule has 0 saturated carbocycles. The van der Waals surface area contributed by atoms with Crippen LogP contribution in [0.15, 0.2) is 55.1 Å². The highest BCUT2D eigenvalue weighted by molar-refractivity contribution is 6.07. The standard InChI is InChI=1S/C18H17N3O4/c1-3-11-19-16(22)14-9-6-10-15(20-14)17(23)21-13-8-5-4-7-12(13)18(24)25-2/h3-10H,1,11H2,2H3,(H,19,22)(H,21,23). The summed E-state index contributed by atoms with van der Waals surface area (Å²) in [6.07, 6.45) is 1.54. The molecular weight excluding hydrogens is 322 g/mol. The van der Waals surface area contributed by atoms with E-state index in [2.05, 4.69) is 26.9 Å². The summed E-state index contributed by atoms with van der Waals surface area (Å²) in [5.41, 5.74) is 0.669. The van der Waals surface area contributed by atoms with Gasteiger partial charge in [-0.15, -0.1) is 6.58 Å². The van der Waals surface area contributed by atoms with Crippen LogP contribution in [0, 0.1) is 0 Å². The second-order valence-electron chi connectivity index (χ2n) is 4.90. The second kappa shape index (κ2) is 8.39. The molecule has 2 rings (SSSR count). The van der Waals surface area contributed by atoms with Gasteiger partial charge in [0.05, 0.1) is 18.4 Å². The van der Waals surface area contributed by atoms with Crippen LogP contribution >= 0.6 is 0 Å². The smallest absolute Gasteiger partial charge is 0.339 e. The van der Waals surface area contributed by atoms with Gasteiger partial charge >= 0.3 is 5.97 Å². The zero-order valence-corrected chi connectivity index (χ0v) is 13.6. The van der Waals surface area contributed by atoms with E-state index in [1.54, 1.807) is 24.3 Å². The first-order valence-corrected chi connectivity index (χ1v) is 7.41. The summed E-state index contributed by atoms with van der Waals surface area (Å²) in [6.45, 7) is 3.81. The molecule has 2 N–H and O–H groups in total. The maximum Gasteiger partial charge on any atom is 0.339 e. The van der Waals surface area contributed by atoms with Gasteiger partial charge in [-0.2, -0.15) is 0 Å². The van der Waals surface area contributed by atoms with E-state index in [1.807, 2.05) is 0 Å². The molecule has 1 heterocycles. The Morgan fingerprint density at radius 1 is 1.08 bits per heavy atom. The van der Waals surface area contributed by atoms with Gasteiger partial charge in [0.25, 0.3) is 11.8 Å². The fraction of sp³-hybridized carbons (Fsp3) is 0.111. The number of nitrogens with zero attached hydrogens (tertiary/aromatic N) is 1. The number of aromatic nitrogens is 1. The van der Waals surface area contributed by atoms with E-state index in [4.69, 9.17) is 0 Å². The van der Waals surface area contributed by atoms with Crippen LogP contribution in [0.4, 0.5) is 5.69 Å². The SMILES string of the molecule is C=CCNC(=O)c1cccc(C(=O)Nc2ccccc2C(=O)OC)n1. The van der Waals surface area contributed by atoms with E-state index in [0.717, 1.165) is 0 Å². The molecule has 2 amide bonds. The second-order valence-corrected chi connectivity index (χ2v) is 4.90. The van der Waals surface area contributed by atoms with Crippen LogP contribution in [0.3, 0.4) is 0 Å². The van der Waals surface area contributed by atoms with Crippen LogP contribution in [0.2, 0.25) is 0 Å². The maximum absolute atomic E-state index is 12.4. The van der Waals surface area contributed by atoms with E-state index in [9.17, 15) is 14.4 Å². The number of hydrogen-bond donors (Lipinski definition) is 2. The minimum atomic E-state index is -0.568. The number of esters is 1. The summed E-state index contributed by atoms with van der Waals surface area (Å²) in [7, 11) is 1.26. The first kappa shape index (κ1) is 17.9. The van der Waals surface area contributed by atoms with Crippen LogP contribution < -0.4 is 10.6 Å². The van der Waals surface area contributed by atoms with E-state index in [0.29, 0.717) is 12.2 Å². The van der Waals surface area contributed by atoms with Crippen LogP contribution in [0.1, 0.15) is 31.3 Å². The zero-order chi connectivity index (χ0) is 18.2. The van der Waals surface area contributed by atoms with Crippen molar-refractivity contribution in [3.05, 3.63) is 72.1 Å². The molecule has 7 heteroatoms. The number of benzene rings is 1. The first-order chi connectivity index (χ1) is 12.1. The van der Waals surface area contributed by atoms with Crippen LogP contribution in [0.25, 0.3) is 0 Å². The van der Waals surface area contributed by atoms with Crippen molar-refractivity contribution in [3.8, 4) is 0 Å². The molecule has 0 aliphatic carbocycles. The number of pyridine rings is 1. The summed E-state index contributed by atoms with van der Waals surface area (Å²) >= 11 is 0. The van der Waals surface area contributed by atoms with Gasteiger partial charge in [-0.3, -0.25) is 9.59 Å². The highest BCUT2D eigenvalue weighted by Gasteiger charge is 2.16. The summed E-state index contributed by atoms with van der Waals surface area (Å²) in [5.74, 6) is -1.53. The minimum Gasteiger partial charge on any atom is -0.465 e. The molecule has 128 valence electrons. The third-order valence-electron chi connectivity index (χ3n) is 3.20. The predicted octanol–water partition coefficient (Wildman–Crippen LogP) is 2.04. The Bertz CT molecular complexity index is 817. The highest BCUT2D eigenvalue weighted by Crippen LogP contribution is 2.17. The maximum atomic E-state index is 12.4. The van der Waals surface area contributed by atoms with Gasteiger partial charge in [-0.05, 0) is 24.3 Å². The quantitative estimate of drug-likeness (QED) is 0.620. The lowest BCUT2D eigenvalue weighted by molar-refractivity contribution is 0.0601. The summed E-state index contributed by atoms with van der Waals surface area (Å²) in [4.78, 5) is 40.1. The van der Waals surface area contributed by atoms with E-state index < -0.39 is 17.8 Å². The Morgan fingerprint density at radius 3 is 2.44 bits per heavy atom. The number of amides is 2. The number of nitrogens with one attached hydrogen (secondary N) is 2. The molecule has 25 heavy (non-hydrogen) atoms.